The number of nitriles is 1. The fraction of sp³-hybridized carbons (Fsp3) is 0.238. The number of hydrogen-bond donors (Lipinski definition) is 0. The summed E-state index contributed by atoms with van der Waals surface area (Å²) in [4.78, 5) is 16.3. The molecule has 0 spiro atoms. The summed E-state index contributed by atoms with van der Waals surface area (Å²) in [5.41, 5.74) is 3.60. The molecule has 28 heavy (non-hydrogen) atoms. The molecule has 0 radical (unpaired) electrons. The molecule has 0 N–H and O–H groups in total. The number of nitro benzene ring substituents is 1. The Hall–Kier alpha value is -3.24. The van der Waals surface area contributed by atoms with Gasteiger partial charge >= 0.3 is 0 Å². The quantitative estimate of drug-likeness (QED) is 0.349. The van der Waals surface area contributed by atoms with E-state index in [1.807, 2.05) is 22.9 Å². The molecule has 1 aromatic carbocycles. The third-order valence-electron chi connectivity index (χ3n) is 5.04. The molecule has 7 heteroatoms. The maximum Gasteiger partial charge on any atom is 0.269 e. The van der Waals surface area contributed by atoms with Crippen molar-refractivity contribution in [3.05, 3.63) is 74.4 Å². The number of aliphatic imine (C=N–C) groups is 1. The lowest BCUT2D eigenvalue weighted by Crippen LogP contribution is -2.09. The van der Waals surface area contributed by atoms with E-state index >= 15 is 0 Å². The molecule has 0 saturated heterocycles. The minimum absolute atomic E-state index is 0.0585. The Morgan fingerprint density at radius 1 is 1.36 bits per heavy atom. The van der Waals surface area contributed by atoms with Crippen LogP contribution in [0.15, 0.2) is 47.6 Å². The number of nitro groups is 1. The van der Waals surface area contributed by atoms with Crippen molar-refractivity contribution in [2.24, 2.45) is 10.9 Å². The third kappa shape index (κ3) is 3.35. The van der Waals surface area contributed by atoms with Crippen LogP contribution in [0.1, 0.15) is 35.0 Å². The van der Waals surface area contributed by atoms with Gasteiger partial charge in [0.1, 0.15) is 11.1 Å². The Kier molecular flexibility index (Phi) is 4.80. The van der Waals surface area contributed by atoms with Gasteiger partial charge in [-0.25, -0.2) is 4.99 Å². The smallest absolute Gasteiger partial charge is 0.269 e. The molecule has 6 nitrogen and oxygen atoms in total. The molecule has 4 rings (SSSR count). The number of non-ortho nitro benzene ring substituents is 1. The molecular weight excluding hydrogens is 372 g/mol. The maximum absolute atomic E-state index is 10.8. The summed E-state index contributed by atoms with van der Waals surface area (Å²) in [6.07, 6.45) is 6.72. The monoisotopic (exact) mass is 390 g/mol. The first-order valence-corrected chi connectivity index (χ1v) is 9.89. The van der Waals surface area contributed by atoms with Crippen LogP contribution in [0.4, 0.5) is 10.7 Å². The highest BCUT2D eigenvalue weighted by Crippen LogP contribution is 2.40. The van der Waals surface area contributed by atoms with E-state index in [0.717, 1.165) is 35.6 Å². The summed E-state index contributed by atoms with van der Waals surface area (Å²) in [6.45, 7) is 2.24. The number of rotatable bonds is 4. The zero-order valence-corrected chi connectivity index (χ0v) is 16.1. The van der Waals surface area contributed by atoms with Gasteiger partial charge in [-0.15, -0.1) is 11.3 Å². The van der Waals surface area contributed by atoms with Crippen molar-refractivity contribution in [3.8, 4) is 11.8 Å². The lowest BCUT2D eigenvalue weighted by Gasteiger charge is -2.17. The number of thiophene rings is 1. The third-order valence-corrected chi connectivity index (χ3v) is 6.20. The molecule has 0 aliphatic heterocycles. The van der Waals surface area contributed by atoms with Crippen molar-refractivity contribution < 1.29 is 4.92 Å². The van der Waals surface area contributed by atoms with E-state index in [9.17, 15) is 15.4 Å². The highest BCUT2D eigenvalue weighted by atomic mass is 32.1. The van der Waals surface area contributed by atoms with Gasteiger partial charge in [-0.05, 0) is 55.0 Å². The van der Waals surface area contributed by atoms with Gasteiger partial charge in [0.15, 0.2) is 0 Å². The van der Waals surface area contributed by atoms with E-state index < -0.39 is 4.92 Å². The fourth-order valence-electron chi connectivity index (χ4n) is 3.54. The van der Waals surface area contributed by atoms with Crippen LogP contribution in [0.25, 0.3) is 5.69 Å². The molecule has 1 atom stereocenters. The predicted octanol–water partition coefficient (Wildman–Crippen LogP) is 5.19. The van der Waals surface area contributed by atoms with Crippen molar-refractivity contribution in [3.63, 3.8) is 0 Å². The Morgan fingerprint density at radius 2 is 2.14 bits per heavy atom. The number of hydrogen-bond acceptors (Lipinski definition) is 5. The van der Waals surface area contributed by atoms with E-state index in [-0.39, 0.29) is 5.69 Å². The van der Waals surface area contributed by atoms with Crippen LogP contribution in [0.2, 0.25) is 0 Å². The van der Waals surface area contributed by atoms with Crippen LogP contribution in [-0.4, -0.2) is 15.7 Å². The molecule has 0 fully saturated rings. The first-order chi connectivity index (χ1) is 13.6. The van der Waals surface area contributed by atoms with Gasteiger partial charge in [0, 0.05) is 28.9 Å². The lowest BCUT2D eigenvalue weighted by molar-refractivity contribution is -0.384. The van der Waals surface area contributed by atoms with E-state index in [1.165, 1.54) is 22.6 Å². The highest BCUT2D eigenvalue weighted by Gasteiger charge is 2.23. The molecule has 1 aliphatic rings. The topological polar surface area (TPSA) is 84.2 Å². The average molecular weight is 390 g/mol. The summed E-state index contributed by atoms with van der Waals surface area (Å²) >= 11 is 1.61. The van der Waals surface area contributed by atoms with E-state index in [0.29, 0.717) is 11.5 Å². The molecule has 2 heterocycles. The normalized spacial score (nSPS) is 16.1. The van der Waals surface area contributed by atoms with Gasteiger partial charge in [0.25, 0.3) is 5.69 Å². The molecule has 0 amide bonds. The van der Waals surface area contributed by atoms with Gasteiger partial charge in [0.2, 0.25) is 0 Å². The summed E-state index contributed by atoms with van der Waals surface area (Å²) in [5.74, 6) is 0.647. The molecule has 3 aromatic rings. The number of fused-ring (bicyclic) bond motifs is 1. The van der Waals surface area contributed by atoms with Crippen LogP contribution in [0, 0.1) is 27.4 Å². The average Bonchev–Trinajstić information content (AvgIpc) is 3.29. The second-order valence-corrected chi connectivity index (χ2v) is 8.06. The van der Waals surface area contributed by atoms with Gasteiger partial charge in [-0.1, -0.05) is 6.92 Å². The fourth-order valence-corrected chi connectivity index (χ4v) is 4.84. The summed E-state index contributed by atoms with van der Waals surface area (Å²) in [5, 5.41) is 21.2. The maximum atomic E-state index is 10.8. The molecule has 1 aliphatic carbocycles. The molecule has 0 bridgehead atoms. The summed E-state index contributed by atoms with van der Waals surface area (Å²) < 4.78 is 1.91. The van der Waals surface area contributed by atoms with Crippen molar-refractivity contribution in [2.75, 3.05) is 0 Å². The van der Waals surface area contributed by atoms with Gasteiger partial charge in [-0.3, -0.25) is 10.1 Å². The zero-order chi connectivity index (χ0) is 19.7. The first-order valence-electron chi connectivity index (χ1n) is 9.07. The van der Waals surface area contributed by atoms with Crippen molar-refractivity contribution in [1.82, 2.24) is 4.57 Å². The summed E-state index contributed by atoms with van der Waals surface area (Å²) in [6, 6.07) is 12.5. The molecular formula is C21H18N4O2S. The molecule has 140 valence electrons. The molecule has 0 unspecified atom stereocenters. The number of nitrogens with zero attached hydrogens (tertiary/aromatic N) is 4. The minimum atomic E-state index is -0.412. The zero-order valence-electron chi connectivity index (χ0n) is 15.3. The number of aromatic nitrogens is 1. The summed E-state index contributed by atoms with van der Waals surface area (Å²) in [7, 11) is 0. The van der Waals surface area contributed by atoms with Crippen LogP contribution >= 0.6 is 11.3 Å². The van der Waals surface area contributed by atoms with E-state index in [1.54, 1.807) is 29.7 Å². The van der Waals surface area contributed by atoms with Gasteiger partial charge < -0.3 is 4.57 Å². The molecule has 0 saturated carbocycles. The SMILES string of the molecule is C[C@H]1CCc2c(sc(N=Cc3cccn3-c3ccc([N+](=O)[O-])cc3)c2C#N)C1. The predicted molar refractivity (Wildman–Crippen MR) is 110 cm³/mol. The second kappa shape index (κ2) is 7.41. The Morgan fingerprint density at radius 3 is 2.86 bits per heavy atom. The number of benzene rings is 1. The van der Waals surface area contributed by atoms with Gasteiger partial charge in [0.05, 0.1) is 22.4 Å². The highest BCUT2D eigenvalue weighted by molar-refractivity contribution is 7.16. The van der Waals surface area contributed by atoms with Crippen LogP contribution < -0.4 is 0 Å². The van der Waals surface area contributed by atoms with Crippen molar-refractivity contribution in [1.29, 1.82) is 5.26 Å². The van der Waals surface area contributed by atoms with Crippen molar-refractivity contribution in [2.45, 2.75) is 26.2 Å². The standard InChI is InChI=1S/C21H18N4O2S/c1-14-4-9-18-19(12-22)21(28-20(18)11-14)23-13-17-3-2-10-24(17)15-5-7-16(8-6-15)25(26)27/h2-3,5-8,10,13-14H,4,9,11H2,1H3/t14-/m0/s1. The Labute approximate surface area is 166 Å². The Balaban J connectivity index is 1.65. The largest absolute Gasteiger partial charge is 0.316 e. The van der Waals surface area contributed by atoms with Gasteiger partial charge in [-0.2, -0.15) is 5.26 Å². The second-order valence-electron chi connectivity index (χ2n) is 6.98. The minimum Gasteiger partial charge on any atom is -0.316 e. The molecule has 2 aromatic heterocycles. The first kappa shape index (κ1) is 18.1. The van der Waals surface area contributed by atoms with E-state index in [4.69, 9.17) is 0 Å². The van der Waals surface area contributed by atoms with Crippen LogP contribution in [-0.2, 0) is 12.8 Å². The van der Waals surface area contributed by atoms with Crippen LogP contribution in [0.5, 0.6) is 0 Å². The Bertz CT molecular complexity index is 1100. The van der Waals surface area contributed by atoms with E-state index in [2.05, 4.69) is 18.0 Å². The lowest BCUT2D eigenvalue weighted by atomic mass is 9.89. The van der Waals surface area contributed by atoms with Crippen LogP contribution in [0.3, 0.4) is 0 Å². The van der Waals surface area contributed by atoms with Crippen molar-refractivity contribution >= 4 is 28.2 Å².